The van der Waals surface area contributed by atoms with Crippen LogP contribution in [0.5, 0.6) is 0 Å². The van der Waals surface area contributed by atoms with E-state index in [0.29, 0.717) is 19.0 Å². The Morgan fingerprint density at radius 1 is 1.16 bits per heavy atom. The van der Waals surface area contributed by atoms with E-state index in [4.69, 9.17) is 0 Å². The molecule has 2 aliphatic rings. The summed E-state index contributed by atoms with van der Waals surface area (Å²) in [6.45, 7) is 1.44. The summed E-state index contributed by atoms with van der Waals surface area (Å²) in [5.41, 5.74) is 3.48. The molecule has 3 heterocycles. The summed E-state index contributed by atoms with van der Waals surface area (Å²) in [6, 6.07) is 10.8. The molecule has 1 amide bonds. The minimum absolute atomic E-state index is 0.282. The van der Waals surface area contributed by atoms with Gasteiger partial charge in [-0.2, -0.15) is 0 Å². The van der Waals surface area contributed by atoms with Crippen molar-refractivity contribution in [2.24, 2.45) is 0 Å². The van der Waals surface area contributed by atoms with Gasteiger partial charge in [-0.15, -0.1) is 0 Å². The molecule has 25 heavy (non-hydrogen) atoms. The molecule has 0 N–H and O–H groups in total. The Kier molecular flexibility index (Phi) is 4.38. The number of amides is 1. The molecule has 0 bridgehead atoms. The number of carbonyl (C=O) groups excluding carboxylic acids is 1. The molecule has 5 nitrogen and oxygen atoms in total. The topological polar surface area (TPSA) is 49.3 Å². The summed E-state index contributed by atoms with van der Waals surface area (Å²) in [5.74, 6) is 1.23. The van der Waals surface area contributed by atoms with E-state index < -0.39 is 0 Å². The quantitative estimate of drug-likeness (QED) is 0.865. The molecule has 1 atom stereocenters. The minimum Gasteiger partial charge on any atom is -0.355 e. The van der Waals surface area contributed by atoms with Gasteiger partial charge < -0.3 is 9.80 Å². The number of nitrogens with zero attached hydrogens (tertiary/aromatic N) is 4. The molecule has 5 heteroatoms. The van der Waals surface area contributed by atoms with Gasteiger partial charge in [0.2, 0.25) is 5.91 Å². The summed E-state index contributed by atoms with van der Waals surface area (Å²) < 4.78 is 0. The number of rotatable bonds is 3. The van der Waals surface area contributed by atoms with Crippen molar-refractivity contribution in [2.45, 2.75) is 51.2 Å². The van der Waals surface area contributed by atoms with Gasteiger partial charge in [-0.1, -0.05) is 30.3 Å². The second kappa shape index (κ2) is 6.82. The third-order valence-electron chi connectivity index (χ3n) is 5.37. The highest BCUT2D eigenvalue weighted by Gasteiger charge is 2.32. The van der Waals surface area contributed by atoms with E-state index in [0.717, 1.165) is 49.3 Å². The van der Waals surface area contributed by atoms with Gasteiger partial charge >= 0.3 is 0 Å². The minimum atomic E-state index is 0.282. The number of hydrogen-bond acceptors (Lipinski definition) is 4. The SMILES string of the molecule is CN(Cc1ccccc1)c1ncnc2c1CN1C(=O)CCC[C@@H]1CC2. The highest BCUT2D eigenvalue weighted by Crippen LogP contribution is 2.32. The van der Waals surface area contributed by atoms with Gasteiger partial charge in [0.25, 0.3) is 0 Å². The second-order valence-corrected chi connectivity index (χ2v) is 7.07. The predicted molar refractivity (Wildman–Crippen MR) is 97.1 cm³/mol. The Labute approximate surface area is 148 Å². The third kappa shape index (κ3) is 3.23. The van der Waals surface area contributed by atoms with E-state index in [1.165, 1.54) is 5.56 Å². The third-order valence-corrected chi connectivity index (χ3v) is 5.37. The smallest absolute Gasteiger partial charge is 0.223 e. The van der Waals surface area contributed by atoms with Gasteiger partial charge in [0.05, 0.1) is 12.2 Å². The van der Waals surface area contributed by atoms with Gasteiger partial charge in [0, 0.05) is 31.6 Å². The molecule has 4 rings (SSSR count). The summed E-state index contributed by atoms with van der Waals surface area (Å²) in [6.07, 6.45) is 6.41. The van der Waals surface area contributed by atoms with Crippen molar-refractivity contribution < 1.29 is 4.79 Å². The van der Waals surface area contributed by atoms with Crippen LogP contribution in [0.1, 0.15) is 42.5 Å². The van der Waals surface area contributed by atoms with Crippen molar-refractivity contribution in [2.75, 3.05) is 11.9 Å². The maximum absolute atomic E-state index is 12.4. The molecule has 2 aliphatic heterocycles. The van der Waals surface area contributed by atoms with Gasteiger partial charge in [-0.05, 0) is 31.2 Å². The molecule has 0 spiro atoms. The summed E-state index contributed by atoms with van der Waals surface area (Å²) in [4.78, 5) is 25.8. The van der Waals surface area contributed by atoms with Crippen LogP contribution in [0.2, 0.25) is 0 Å². The first kappa shape index (κ1) is 16.1. The molecule has 0 aliphatic carbocycles. The van der Waals surface area contributed by atoms with E-state index >= 15 is 0 Å². The zero-order valence-electron chi connectivity index (χ0n) is 14.7. The maximum atomic E-state index is 12.4. The zero-order chi connectivity index (χ0) is 17.2. The molecule has 1 fully saturated rings. The van der Waals surface area contributed by atoms with Gasteiger partial charge in [-0.25, -0.2) is 9.97 Å². The fourth-order valence-electron chi connectivity index (χ4n) is 4.06. The van der Waals surface area contributed by atoms with Crippen molar-refractivity contribution in [1.82, 2.24) is 14.9 Å². The van der Waals surface area contributed by atoms with Gasteiger partial charge in [0.1, 0.15) is 12.1 Å². The first-order valence-electron chi connectivity index (χ1n) is 9.09. The fraction of sp³-hybridized carbons (Fsp3) is 0.450. The fourth-order valence-corrected chi connectivity index (χ4v) is 4.06. The molecule has 0 unspecified atom stereocenters. The number of aromatic nitrogens is 2. The number of anilines is 1. The first-order chi connectivity index (χ1) is 12.2. The van der Waals surface area contributed by atoms with Crippen LogP contribution in [0, 0.1) is 0 Å². The van der Waals surface area contributed by atoms with Crippen molar-refractivity contribution >= 4 is 11.7 Å². The molecular weight excluding hydrogens is 312 g/mol. The van der Waals surface area contributed by atoms with Crippen molar-refractivity contribution in [3.8, 4) is 0 Å². The summed E-state index contributed by atoms with van der Waals surface area (Å²) >= 11 is 0. The Bertz CT molecular complexity index is 762. The highest BCUT2D eigenvalue weighted by molar-refractivity contribution is 5.77. The van der Waals surface area contributed by atoms with E-state index in [-0.39, 0.29) is 5.91 Å². The Hall–Kier alpha value is -2.43. The standard InChI is InChI=1S/C20H24N4O/c1-23(12-15-6-3-2-4-7-15)20-17-13-24-16(8-5-9-19(24)25)10-11-18(17)21-14-22-20/h2-4,6-7,14,16H,5,8-13H2,1H3/t16-/m1/s1. The average molecular weight is 336 g/mol. The maximum Gasteiger partial charge on any atom is 0.223 e. The average Bonchev–Trinajstić information content (AvgIpc) is 2.83. The molecule has 1 aromatic carbocycles. The van der Waals surface area contributed by atoms with E-state index in [9.17, 15) is 4.79 Å². The van der Waals surface area contributed by atoms with Crippen molar-refractivity contribution in [1.29, 1.82) is 0 Å². The molecule has 130 valence electrons. The number of fused-ring (bicyclic) bond motifs is 2. The van der Waals surface area contributed by atoms with Crippen LogP contribution >= 0.6 is 0 Å². The van der Waals surface area contributed by atoms with Gasteiger partial charge in [0.15, 0.2) is 0 Å². The van der Waals surface area contributed by atoms with E-state index in [1.54, 1.807) is 6.33 Å². The number of hydrogen-bond donors (Lipinski definition) is 0. The lowest BCUT2D eigenvalue weighted by atomic mass is 9.98. The summed E-state index contributed by atoms with van der Waals surface area (Å²) in [7, 11) is 2.07. The monoisotopic (exact) mass is 336 g/mol. The Morgan fingerprint density at radius 3 is 2.84 bits per heavy atom. The molecule has 0 saturated carbocycles. The van der Waals surface area contributed by atoms with Crippen molar-refractivity contribution in [3.63, 3.8) is 0 Å². The van der Waals surface area contributed by atoms with Crippen LogP contribution in [0.15, 0.2) is 36.7 Å². The Morgan fingerprint density at radius 2 is 2.00 bits per heavy atom. The molecule has 2 aromatic rings. The molecule has 0 radical (unpaired) electrons. The van der Waals surface area contributed by atoms with Crippen LogP contribution in [0.3, 0.4) is 0 Å². The van der Waals surface area contributed by atoms with Gasteiger partial charge in [-0.3, -0.25) is 4.79 Å². The highest BCUT2D eigenvalue weighted by atomic mass is 16.2. The lowest BCUT2D eigenvalue weighted by Gasteiger charge is -2.34. The largest absolute Gasteiger partial charge is 0.355 e. The molecule has 1 saturated heterocycles. The van der Waals surface area contributed by atoms with Crippen LogP contribution < -0.4 is 4.90 Å². The van der Waals surface area contributed by atoms with E-state index in [2.05, 4.69) is 51.1 Å². The number of benzene rings is 1. The van der Waals surface area contributed by atoms with Crippen LogP contribution in [0.4, 0.5) is 5.82 Å². The lowest BCUT2D eigenvalue weighted by Crippen LogP contribution is -2.42. The normalized spacial score (nSPS) is 19.8. The molecule has 1 aromatic heterocycles. The first-order valence-corrected chi connectivity index (χ1v) is 9.09. The lowest BCUT2D eigenvalue weighted by molar-refractivity contribution is -0.137. The number of piperidine rings is 1. The second-order valence-electron chi connectivity index (χ2n) is 7.07. The van der Waals surface area contributed by atoms with Crippen LogP contribution in [-0.2, 0) is 24.3 Å². The number of aryl methyl sites for hydroxylation is 1. The Balaban J connectivity index is 1.64. The molecular formula is C20H24N4O. The van der Waals surface area contributed by atoms with E-state index in [1.807, 2.05) is 6.07 Å². The zero-order valence-corrected chi connectivity index (χ0v) is 14.7. The summed E-state index contributed by atoms with van der Waals surface area (Å²) in [5, 5.41) is 0. The van der Waals surface area contributed by atoms with Crippen LogP contribution in [0.25, 0.3) is 0 Å². The van der Waals surface area contributed by atoms with Crippen LogP contribution in [-0.4, -0.2) is 33.9 Å². The van der Waals surface area contributed by atoms with Crippen molar-refractivity contribution in [3.05, 3.63) is 53.5 Å². The predicted octanol–water partition coefficient (Wildman–Crippen LogP) is 2.94. The number of carbonyl (C=O) groups is 1.